The number of hydrogen-bond acceptors (Lipinski definition) is 8. The van der Waals surface area contributed by atoms with Crippen LogP contribution >= 0.6 is 0 Å². The number of aliphatic hydroxyl groups excluding tert-OH is 1. The molecule has 0 saturated heterocycles. The molecule has 5 heterocycles. The predicted molar refractivity (Wildman–Crippen MR) is 159 cm³/mol. The summed E-state index contributed by atoms with van der Waals surface area (Å²) < 4.78 is 39.0. The van der Waals surface area contributed by atoms with Gasteiger partial charge in [-0.25, -0.2) is 0 Å². The molecule has 0 spiro atoms. The van der Waals surface area contributed by atoms with E-state index >= 15 is 0 Å². The first-order valence-corrected chi connectivity index (χ1v) is 12.8. The van der Waals surface area contributed by atoms with Gasteiger partial charge >= 0.3 is 26.7 Å². The summed E-state index contributed by atoms with van der Waals surface area (Å²) in [5, 5.41) is 21.3. The molecule has 4 aromatic heterocycles. The van der Waals surface area contributed by atoms with Crippen LogP contribution in [0.1, 0.15) is 5.56 Å². The fraction of sp³-hybridized carbons (Fsp3) is 0.100. The van der Waals surface area contributed by atoms with Crippen molar-refractivity contribution in [3.8, 4) is 28.5 Å². The Morgan fingerprint density at radius 2 is 0.955 bits per heavy atom. The molecule has 5 aromatic rings. The van der Waals surface area contributed by atoms with Crippen LogP contribution in [-0.2, 0) is 19.5 Å². The molecule has 6 rings (SSSR count). The fourth-order valence-corrected chi connectivity index (χ4v) is 3.30. The van der Waals surface area contributed by atoms with E-state index in [0.29, 0.717) is 5.56 Å². The van der Waals surface area contributed by atoms with Crippen molar-refractivity contribution < 1.29 is 47.0 Å². The maximum atomic E-state index is 11.3. The van der Waals surface area contributed by atoms with E-state index in [1.165, 1.54) is 0 Å². The van der Waals surface area contributed by atoms with Crippen LogP contribution in [-0.4, -0.2) is 58.3 Å². The summed E-state index contributed by atoms with van der Waals surface area (Å²) in [5.74, 6) is 0.770. The SMILES string of the molecule is CO.F[B-](F)(F)F.[O-]c1ccccc1C1=NCCN1.[Ru+2].c1ccc(-c2ccccn2)nc1.c1ccc(-c2ccccn2)nc1. The van der Waals surface area contributed by atoms with Crippen molar-refractivity contribution in [1.29, 1.82) is 0 Å². The van der Waals surface area contributed by atoms with Gasteiger partial charge in [-0.15, -0.1) is 0 Å². The molecule has 1 aliphatic heterocycles. The second-order valence-corrected chi connectivity index (χ2v) is 8.01. The van der Waals surface area contributed by atoms with E-state index < -0.39 is 7.25 Å². The molecule has 1 aromatic carbocycles. The molecule has 0 radical (unpaired) electrons. The Bertz CT molecular complexity index is 1320. The van der Waals surface area contributed by atoms with Gasteiger partial charge in [-0.3, -0.25) is 24.9 Å². The van der Waals surface area contributed by atoms with Crippen LogP contribution in [0.3, 0.4) is 0 Å². The number of halogens is 4. The number of nitrogens with one attached hydrogen (secondary N) is 1. The van der Waals surface area contributed by atoms with Crippen LogP contribution in [0.15, 0.2) is 127 Å². The number of nitrogens with zero attached hydrogens (tertiary/aromatic N) is 5. The summed E-state index contributed by atoms with van der Waals surface area (Å²) in [5.41, 5.74) is 4.34. The minimum absolute atomic E-state index is 0. The Morgan fingerprint density at radius 3 is 1.23 bits per heavy atom. The standard InChI is InChI=1S/2C10H8N2.C9H10N2O.CH4O.BF4.Ru/c2*1-3-7-11-9(5-1)10-6-2-4-8-12-10;12-8-4-2-1-3-7(8)9-10-5-6-11-9;1-2;2-1(3,4)5;/h2*1-8H;1-4,12H,5-6H2,(H,10,11);2H,1H3;;/q;;;;-1;+2/p-1. The summed E-state index contributed by atoms with van der Waals surface area (Å²) in [6, 6.07) is 30.1. The first kappa shape index (κ1) is 37.5. The molecule has 0 saturated carbocycles. The molecule has 0 unspecified atom stereocenters. The van der Waals surface area contributed by atoms with Crippen molar-refractivity contribution in [3.63, 3.8) is 0 Å². The zero-order valence-corrected chi connectivity index (χ0v) is 25.2. The normalized spacial score (nSPS) is 11.0. The van der Waals surface area contributed by atoms with Crippen molar-refractivity contribution in [3.05, 3.63) is 127 Å². The van der Waals surface area contributed by atoms with Gasteiger partial charge in [0.1, 0.15) is 5.84 Å². The molecule has 14 heteroatoms. The molecule has 8 nitrogen and oxygen atoms in total. The van der Waals surface area contributed by atoms with Crippen LogP contribution in [0, 0.1) is 0 Å². The number of para-hydroxylation sites is 1. The number of aromatic nitrogens is 4. The minimum Gasteiger partial charge on any atom is -0.872 e. The molecular formula is C30H29BF4N6O2Ru. The van der Waals surface area contributed by atoms with Crippen molar-refractivity contribution in [2.24, 2.45) is 4.99 Å². The maximum Gasteiger partial charge on any atom is 2.00 e. The summed E-state index contributed by atoms with van der Waals surface area (Å²) in [4.78, 5) is 20.9. The molecule has 2 N–H and O–H groups in total. The number of benzene rings is 1. The number of rotatable bonds is 3. The Morgan fingerprint density at radius 1 is 0.614 bits per heavy atom. The molecule has 0 bridgehead atoms. The molecule has 0 atom stereocenters. The molecule has 44 heavy (non-hydrogen) atoms. The monoisotopic (exact) mass is 694 g/mol. The third kappa shape index (κ3) is 15.1. The number of pyridine rings is 4. The Hall–Kier alpha value is -4.54. The van der Waals surface area contributed by atoms with Gasteiger partial charge in [0.15, 0.2) is 0 Å². The Balaban J connectivity index is 0.000000296. The van der Waals surface area contributed by atoms with Gasteiger partial charge in [-0.2, -0.15) is 0 Å². The van der Waals surface area contributed by atoms with Gasteiger partial charge in [0.05, 0.1) is 29.3 Å². The van der Waals surface area contributed by atoms with Gasteiger partial charge in [-0.1, -0.05) is 54.3 Å². The summed E-state index contributed by atoms with van der Waals surface area (Å²) >= 11 is 0. The first-order valence-electron chi connectivity index (χ1n) is 12.8. The Kier molecular flexibility index (Phi) is 18.1. The second-order valence-electron chi connectivity index (χ2n) is 8.01. The topological polar surface area (TPSA) is 119 Å². The van der Waals surface area contributed by atoms with E-state index in [-0.39, 0.29) is 25.2 Å². The molecular weight excluding hydrogens is 664 g/mol. The summed E-state index contributed by atoms with van der Waals surface area (Å²) in [7, 11) is -5.00. The zero-order chi connectivity index (χ0) is 31.3. The quantitative estimate of drug-likeness (QED) is 0.195. The number of amidine groups is 1. The molecule has 0 aliphatic carbocycles. The molecule has 0 fully saturated rings. The van der Waals surface area contributed by atoms with Crippen molar-refractivity contribution in [2.45, 2.75) is 0 Å². The van der Waals surface area contributed by atoms with E-state index in [1.807, 2.05) is 78.9 Å². The average Bonchev–Trinajstić information content (AvgIpc) is 3.59. The number of aliphatic hydroxyl groups is 1. The third-order valence-corrected chi connectivity index (χ3v) is 5.00. The number of hydrogen-bond donors (Lipinski definition) is 2. The van der Waals surface area contributed by atoms with Gasteiger partial charge in [0.2, 0.25) is 0 Å². The maximum absolute atomic E-state index is 11.3. The van der Waals surface area contributed by atoms with Crippen molar-refractivity contribution in [1.82, 2.24) is 25.3 Å². The van der Waals surface area contributed by atoms with Gasteiger partial charge < -0.3 is 32.8 Å². The van der Waals surface area contributed by atoms with E-state index in [9.17, 15) is 22.4 Å². The average molecular weight is 693 g/mol. The number of aliphatic imine (C=N–C) groups is 1. The van der Waals surface area contributed by atoms with Gasteiger partial charge in [0, 0.05) is 44.0 Å². The van der Waals surface area contributed by atoms with Crippen molar-refractivity contribution >= 4 is 13.1 Å². The smallest absolute Gasteiger partial charge is 0.872 e. The summed E-state index contributed by atoms with van der Waals surface area (Å²) in [6.45, 7) is 1.60. The van der Waals surface area contributed by atoms with Crippen LogP contribution in [0.25, 0.3) is 22.8 Å². The van der Waals surface area contributed by atoms with E-state index in [4.69, 9.17) is 5.11 Å². The first-order chi connectivity index (χ1) is 20.8. The van der Waals surface area contributed by atoms with E-state index in [1.54, 1.807) is 43.0 Å². The molecule has 1 aliphatic rings. The van der Waals surface area contributed by atoms with E-state index in [2.05, 4.69) is 30.2 Å². The van der Waals surface area contributed by atoms with Crippen LogP contribution in [0.4, 0.5) is 17.3 Å². The second kappa shape index (κ2) is 21.2. The van der Waals surface area contributed by atoms with Crippen molar-refractivity contribution in [2.75, 3.05) is 20.2 Å². The fourth-order valence-electron chi connectivity index (χ4n) is 3.30. The van der Waals surface area contributed by atoms with E-state index in [0.717, 1.165) is 48.8 Å². The van der Waals surface area contributed by atoms with Crippen LogP contribution in [0.5, 0.6) is 5.75 Å². The molecule has 230 valence electrons. The predicted octanol–water partition coefficient (Wildman–Crippen LogP) is 5.30. The van der Waals surface area contributed by atoms with Crippen LogP contribution < -0.4 is 10.4 Å². The summed E-state index contributed by atoms with van der Waals surface area (Å²) in [6.07, 6.45) is 7.07. The minimum atomic E-state index is -6.00. The largest absolute Gasteiger partial charge is 2.00 e. The Labute approximate surface area is 265 Å². The molecule has 0 amide bonds. The van der Waals surface area contributed by atoms with Crippen LogP contribution in [0.2, 0.25) is 0 Å². The zero-order valence-electron chi connectivity index (χ0n) is 23.5. The third-order valence-electron chi connectivity index (χ3n) is 5.00. The van der Waals surface area contributed by atoms with Gasteiger partial charge in [-0.05, 0) is 48.5 Å². The van der Waals surface area contributed by atoms with Gasteiger partial charge in [0.25, 0.3) is 0 Å².